The van der Waals surface area contributed by atoms with Crippen LogP contribution >= 0.6 is 11.6 Å². The van der Waals surface area contributed by atoms with Crippen LogP contribution in [0.5, 0.6) is 23.0 Å². The standard InChI is InChI=1S/C22H25ClN2O6/c1-29-16-8-19(30-2)17(20(9-16)31-3)12-25-11-14(22(28)24-10-21(25)27)6-13-7-15(23)4-5-18(13)26/h4-5,7-9,14,26H,6,10-12H2,1-3H3,(H,24,28)/t14-/m0/s1. The summed E-state index contributed by atoms with van der Waals surface area (Å²) in [6.07, 6.45) is 0.235. The fraction of sp³-hybridized carbons (Fsp3) is 0.364. The van der Waals surface area contributed by atoms with Gasteiger partial charge in [-0.1, -0.05) is 11.6 Å². The van der Waals surface area contributed by atoms with Crippen LogP contribution in [-0.4, -0.2) is 56.2 Å². The normalized spacial score (nSPS) is 16.5. The first kappa shape index (κ1) is 22.6. The monoisotopic (exact) mass is 448 g/mol. The maximum Gasteiger partial charge on any atom is 0.242 e. The molecule has 9 heteroatoms. The van der Waals surface area contributed by atoms with Gasteiger partial charge in [0.15, 0.2) is 0 Å². The molecule has 1 saturated heterocycles. The van der Waals surface area contributed by atoms with E-state index >= 15 is 0 Å². The lowest BCUT2D eigenvalue weighted by Gasteiger charge is -2.25. The highest BCUT2D eigenvalue weighted by molar-refractivity contribution is 6.30. The van der Waals surface area contributed by atoms with Gasteiger partial charge in [0.2, 0.25) is 11.8 Å². The number of methoxy groups -OCH3 is 3. The molecule has 1 aliphatic rings. The second kappa shape index (κ2) is 9.78. The Labute approximate surface area is 185 Å². The Morgan fingerprint density at radius 3 is 2.39 bits per heavy atom. The van der Waals surface area contributed by atoms with Crippen LogP contribution in [0.4, 0.5) is 0 Å². The van der Waals surface area contributed by atoms with Crippen molar-refractivity contribution in [2.45, 2.75) is 13.0 Å². The molecule has 3 rings (SSSR count). The topological polar surface area (TPSA) is 97.3 Å². The molecular formula is C22H25ClN2O6. The zero-order chi connectivity index (χ0) is 22.5. The number of hydrogen-bond donors (Lipinski definition) is 2. The van der Waals surface area contributed by atoms with E-state index in [0.717, 1.165) is 0 Å². The van der Waals surface area contributed by atoms with Crippen LogP contribution in [0.15, 0.2) is 30.3 Å². The van der Waals surface area contributed by atoms with Gasteiger partial charge in [-0.2, -0.15) is 0 Å². The van der Waals surface area contributed by atoms with Crippen LogP contribution in [0.3, 0.4) is 0 Å². The molecule has 2 amide bonds. The van der Waals surface area contributed by atoms with E-state index < -0.39 is 5.92 Å². The van der Waals surface area contributed by atoms with Crippen LogP contribution in [0.1, 0.15) is 11.1 Å². The maximum atomic E-state index is 12.7. The zero-order valence-corrected chi connectivity index (χ0v) is 18.4. The second-order valence-electron chi connectivity index (χ2n) is 7.18. The number of hydrogen-bond acceptors (Lipinski definition) is 6. The molecule has 1 heterocycles. The third kappa shape index (κ3) is 5.14. The van der Waals surface area contributed by atoms with Gasteiger partial charge in [-0.05, 0) is 30.2 Å². The van der Waals surface area contributed by atoms with Crippen molar-refractivity contribution in [2.24, 2.45) is 5.92 Å². The number of aromatic hydroxyl groups is 1. The number of carbonyl (C=O) groups excluding carboxylic acids is 2. The number of amides is 2. The van der Waals surface area contributed by atoms with Gasteiger partial charge < -0.3 is 29.5 Å². The minimum absolute atomic E-state index is 0.0535. The van der Waals surface area contributed by atoms with Gasteiger partial charge in [0.25, 0.3) is 0 Å². The Balaban J connectivity index is 1.89. The third-order valence-electron chi connectivity index (χ3n) is 5.25. The van der Waals surface area contributed by atoms with Gasteiger partial charge in [-0.25, -0.2) is 0 Å². The number of halogens is 1. The quantitative estimate of drug-likeness (QED) is 0.675. The highest BCUT2D eigenvalue weighted by Gasteiger charge is 2.31. The molecule has 1 aliphatic heterocycles. The SMILES string of the molecule is COc1cc(OC)c(CN2C[C@H](Cc3cc(Cl)ccc3O)C(=O)NCC2=O)c(OC)c1. The van der Waals surface area contributed by atoms with Crippen LogP contribution in [0.25, 0.3) is 0 Å². The number of phenolic OH excluding ortho intramolecular Hbond substituents is 1. The summed E-state index contributed by atoms with van der Waals surface area (Å²) in [6.45, 7) is 0.231. The molecule has 0 unspecified atom stereocenters. The van der Waals surface area contributed by atoms with E-state index in [1.807, 2.05) is 0 Å². The third-order valence-corrected chi connectivity index (χ3v) is 5.49. The summed E-state index contributed by atoms with van der Waals surface area (Å²) in [7, 11) is 4.59. The zero-order valence-electron chi connectivity index (χ0n) is 17.6. The molecule has 0 radical (unpaired) electrons. The lowest BCUT2D eigenvalue weighted by Crippen LogP contribution is -2.35. The molecule has 2 N–H and O–H groups in total. The van der Waals surface area contributed by atoms with Crippen molar-refractivity contribution in [3.05, 3.63) is 46.5 Å². The summed E-state index contributed by atoms with van der Waals surface area (Å²) < 4.78 is 16.2. The van der Waals surface area contributed by atoms with E-state index in [0.29, 0.717) is 33.4 Å². The highest BCUT2D eigenvalue weighted by Crippen LogP contribution is 2.35. The van der Waals surface area contributed by atoms with E-state index in [9.17, 15) is 14.7 Å². The summed E-state index contributed by atoms with van der Waals surface area (Å²) in [4.78, 5) is 26.9. The molecule has 8 nitrogen and oxygen atoms in total. The predicted octanol–water partition coefficient (Wildman–Crippen LogP) is 2.39. The molecule has 2 aromatic rings. The van der Waals surface area contributed by atoms with Gasteiger partial charge in [0.1, 0.15) is 23.0 Å². The molecule has 1 atom stereocenters. The smallest absolute Gasteiger partial charge is 0.242 e. The first-order valence-corrected chi connectivity index (χ1v) is 10.1. The Hall–Kier alpha value is -3.13. The van der Waals surface area contributed by atoms with Crippen molar-refractivity contribution in [1.82, 2.24) is 10.2 Å². The van der Waals surface area contributed by atoms with Crippen LogP contribution < -0.4 is 19.5 Å². The number of rotatable bonds is 7. The van der Waals surface area contributed by atoms with Crippen molar-refractivity contribution in [1.29, 1.82) is 0 Å². The molecule has 0 aromatic heterocycles. The molecule has 1 fully saturated rings. The molecule has 2 aromatic carbocycles. The van der Waals surface area contributed by atoms with Crippen molar-refractivity contribution in [3.8, 4) is 23.0 Å². The minimum atomic E-state index is -0.564. The number of ether oxygens (including phenoxy) is 3. The summed E-state index contributed by atoms with van der Waals surface area (Å²) in [5.74, 6) is 0.581. The molecular weight excluding hydrogens is 424 g/mol. The molecule has 0 spiro atoms. The van der Waals surface area contributed by atoms with Crippen LogP contribution in [0.2, 0.25) is 5.02 Å². The van der Waals surface area contributed by atoms with E-state index in [2.05, 4.69) is 5.32 Å². The number of nitrogens with zero attached hydrogens (tertiary/aromatic N) is 1. The van der Waals surface area contributed by atoms with Crippen LogP contribution in [-0.2, 0) is 22.6 Å². The first-order valence-electron chi connectivity index (χ1n) is 9.68. The van der Waals surface area contributed by atoms with E-state index in [-0.39, 0.29) is 43.6 Å². The fourth-order valence-corrected chi connectivity index (χ4v) is 3.78. The Morgan fingerprint density at radius 2 is 1.77 bits per heavy atom. The Bertz CT molecular complexity index is 955. The summed E-state index contributed by atoms with van der Waals surface area (Å²) in [6, 6.07) is 8.11. The van der Waals surface area contributed by atoms with Crippen molar-refractivity contribution in [3.63, 3.8) is 0 Å². The molecule has 166 valence electrons. The van der Waals surface area contributed by atoms with Gasteiger partial charge in [0, 0.05) is 23.7 Å². The van der Waals surface area contributed by atoms with Crippen molar-refractivity contribution in [2.75, 3.05) is 34.4 Å². The van der Waals surface area contributed by atoms with Gasteiger partial charge in [-0.15, -0.1) is 0 Å². The van der Waals surface area contributed by atoms with Gasteiger partial charge in [0.05, 0.1) is 45.9 Å². The van der Waals surface area contributed by atoms with Crippen LogP contribution in [0, 0.1) is 5.92 Å². The molecule has 0 aliphatic carbocycles. The summed E-state index contributed by atoms with van der Waals surface area (Å²) in [5.41, 5.74) is 1.21. The number of nitrogens with one attached hydrogen (secondary N) is 1. The van der Waals surface area contributed by atoms with Crippen molar-refractivity contribution < 1.29 is 28.9 Å². The van der Waals surface area contributed by atoms with Gasteiger partial charge >= 0.3 is 0 Å². The number of benzene rings is 2. The largest absolute Gasteiger partial charge is 0.508 e. The van der Waals surface area contributed by atoms with E-state index in [1.165, 1.54) is 20.3 Å². The highest BCUT2D eigenvalue weighted by atomic mass is 35.5. The summed E-state index contributed by atoms with van der Waals surface area (Å²) >= 11 is 6.04. The predicted molar refractivity (Wildman–Crippen MR) is 115 cm³/mol. The lowest BCUT2D eigenvalue weighted by atomic mass is 9.97. The average Bonchev–Trinajstić information content (AvgIpc) is 2.90. The number of phenols is 1. The van der Waals surface area contributed by atoms with E-state index in [1.54, 1.807) is 36.3 Å². The fourth-order valence-electron chi connectivity index (χ4n) is 3.59. The lowest BCUT2D eigenvalue weighted by molar-refractivity contribution is -0.130. The van der Waals surface area contributed by atoms with Gasteiger partial charge in [-0.3, -0.25) is 9.59 Å². The molecule has 31 heavy (non-hydrogen) atoms. The average molecular weight is 449 g/mol. The Kier molecular flexibility index (Phi) is 7.12. The first-order chi connectivity index (χ1) is 14.9. The second-order valence-corrected chi connectivity index (χ2v) is 7.61. The maximum absolute atomic E-state index is 12.7. The summed E-state index contributed by atoms with van der Waals surface area (Å²) in [5, 5.41) is 13.3. The van der Waals surface area contributed by atoms with E-state index in [4.69, 9.17) is 25.8 Å². The van der Waals surface area contributed by atoms with Crippen molar-refractivity contribution >= 4 is 23.4 Å². The molecule has 0 bridgehead atoms. The molecule has 0 saturated carbocycles. The number of carbonyl (C=O) groups is 2. The Morgan fingerprint density at radius 1 is 1.10 bits per heavy atom. The minimum Gasteiger partial charge on any atom is -0.508 e.